The Hall–Kier alpha value is -4.21. The second-order valence-electron chi connectivity index (χ2n) is 6.88. The number of carbonyl (C=O) groups excluding carboxylic acids is 2. The largest absolute Gasteiger partial charge is 0.459 e. The van der Waals surface area contributed by atoms with E-state index in [0.29, 0.717) is 22.8 Å². The molecule has 0 spiro atoms. The molecule has 3 heterocycles. The van der Waals surface area contributed by atoms with Crippen molar-refractivity contribution in [1.82, 2.24) is 14.4 Å². The van der Waals surface area contributed by atoms with E-state index in [4.69, 9.17) is 9.15 Å². The number of imidazole rings is 1. The van der Waals surface area contributed by atoms with Gasteiger partial charge in [-0.3, -0.25) is 14.5 Å². The van der Waals surface area contributed by atoms with Crippen LogP contribution in [0.3, 0.4) is 0 Å². The minimum atomic E-state index is -0.609. The number of halogens is 1. The minimum Gasteiger partial charge on any atom is -0.459 e. The second-order valence-corrected chi connectivity index (χ2v) is 6.88. The number of aromatic nitrogens is 3. The lowest BCUT2D eigenvalue weighted by Crippen LogP contribution is -2.18. The van der Waals surface area contributed by atoms with Gasteiger partial charge in [-0.1, -0.05) is 0 Å². The number of fused-ring (bicyclic) bond motifs is 1. The number of carbonyl (C=O) groups is 2. The zero-order chi connectivity index (χ0) is 22.0. The van der Waals surface area contributed by atoms with Crippen LogP contribution in [-0.4, -0.2) is 32.5 Å². The van der Waals surface area contributed by atoms with Crippen LogP contribution < -0.4 is 10.6 Å². The Morgan fingerprint density at radius 3 is 2.74 bits per heavy atom. The summed E-state index contributed by atoms with van der Waals surface area (Å²) >= 11 is 0. The van der Waals surface area contributed by atoms with Crippen LogP contribution in [0, 0.1) is 5.82 Å². The van der Waals surface area contributed by atoms with E-state index in [2.05, 4.69) is 20.6 Å². The molecule has 0 bridgehead atoms. The van der Waals surface area contributed by atoms with Crippen molar-refractivity contribution in [1.29, 1.82) is 0 Å². The summed E-state index contributed by atoms with van der Waals surface area (Å²) in [6.45, 7) is 3.48. The smallest absolute Gasteiger partial charge is 0.411 e. The Labute approximate surface area is 175 Å². The first-order valence-corrected chi connectivity index (χ1v) is 9.36. The van der Waals surface area contributed by atoms with Gasteiger partial charge in [0.05, 0.1) is 29.9 Å². The van der Waals surface area contributed by atoms with E-state index in [-0.39, 0.29) is 17.4 Å². The molecular weight excluding hydrogens is 405 g/mol. The van der Waals surface area contributed by atoms with Crippen LogP contribution in [0.25, 0.3) is 17.0 Å². The van der Waals surface area contributed by atoms with Gasteiger partial charge in [-0.05, 0) is 44.2 Å². The fraction of sp³-hybridized carbons (Fsp3) is 0.143. The van der Waals surface area contributed by atoms with Crippen molar-refractivity contribution in [2.45, 2.75) is 20.0 Å². The topological polar surface area (TPSA) is 111 Å². The van der Waals surface area contributed by atoms with Crippen LogP contribution in [0.4, 0.5) is 20.6 Å². The molecule has 4 aromatic rings. The van der Waals surface area contributed by atoms with Gasteiger partial charge in [0.15, 0.2) is 5.76 Å². The molecule has 3 aromatic heterocycles. The summed E-state index contributed by atoms with van der Waals surface area (Å²) in [6, 6.07) is 7.27. The lowest BCUT2D eigenvalue weighted by atomic mass is 10.1. The monoisotopic (exact) mass is 423 g/mol. The average Bonchev–Trinajstić information content (AvgIpc) is 3.38. The Kier molecular flexibility index (Phi) is 5.35. The second kappa shape index (κ2) is 8.27. The minimum absolute atomic E-state index is 0.138. The summed E-state index contributed by atoms with van der Waals surface area (Å²) in [5.74, 6) is -0.525. The number of nitrogens with one attached hydrogen (secondary N) is 2. The van der Waals surface area contributed by atoms with E-state index in [9.17, 15) is 14.0 Å². The number of rotatable bonds is 5. The normalized spacial score (nSPS) is 11.0. The lowest BCUT2D eigenvalue weighted by Gasteiger charge is -2.09. The van der Waals surface area contributed by atoms with Gasteiger partial charge in [0, 0.05) is 23.6 Å². The summed E-state index contributed by atoms with van der Waals surface area (Å²) in [4.78, 5) is 32.4. The molecule has 0 saturated carbocycles. The maximum Gasteiger partial charge on any atom is 0.411 e. The van der Waals surface area contributed by atoms with E-state index in [0.717, 1.165) is 0 Å². The first kappa shape index (κ1) is 20.1. The number of anilines is 2. The lowest BCUT2D eigenvalue weighted by molar-refractivity contribution is 0.0996. The highest BCUT2D eigenvalue weighted by Gasteiger charge is 2.15. The number of ether oxygens (including phenoxy) is 1. The van der Waals surface area contributed by atoms with E-state index in [1.165, 1.54) is 36.7 Å². The zero-order valence-electron chi connectivity index (χ0n) is 16.6. The van der Waals surface area contributed by atoms with Crippen molar-refractivity contribution in [3.63, 3.8) is 0 Å². The van der Waals surface area contributed by atoms with Crippen LogP contribution in [0.1, 0.15) is 24.4 Å². The number of benzene rings is 1. The maximum atomic E-state index is 14.5. The van der Waals surface area contributed by atoms with E-state index < -0.39 is 17.8 Å². The quantitative estimate of drug-likeness (QED) is 0.494. The van der Waals surface area contributed by atoms with Gasteiger partial charge < -0.3 is 14.5 Å². The number of hydrogen-bond acceptors (Lipinski definition) is 6. The van der Waals surface area contributed by atoms with Gasteiger partial charge in [0.25, 0.3) is 5.91 Å². The van der Waals surface area contributed by atoms with Crippen molar-refractivity contribution in [3.05, 3.63) is 66.8 Å². The molecule has 0 aliphatic rings. The Morgan fingerprint density at radius 1 is 1.16 bits per heavy atom. The molecule has 1 aromatic carbocycles. The van der Waals surface area contributed by atoms with Crippen LogP contribution in [-0.2, 0) is 4.74 Å². The number of furan rings is 1. The number of amides is 2. The first-order chi connectivity index (χ1) is 14.9. The molecule has 2 amide bonds. The Morgan fingerprint density at radius 2 is 2.00 bits per heavy atom. The molecule has 9 nitrogen and oxygen atoms in total. The Bertz CT molecular complexity index is 1250. The van der Waals surface area contributed by atoms with Crippen LogP contribution in [0.15, 0.2) is 59.6 Å². The zero-order valence-corrected chi connectivity index (χ0v) is 16.6. The third kappa shape index (κ3) is 4.53. The van der Waals surface area contributed by atoms with Gasteiger partial charge in [-0.15, -0.1) is 0 Å². The summed E-state index contributed by atoms with van der Waals surface area (Å²) in [5.41, 5.74) is 1.25. The molecule has 0 radical (unpaired) electrons. The van der Waals surface area contributed by atoms with Crippen molar-refractivity contribution in [2.24, 2.45) is 0 Å². The molecule has 0 atom stereocenters. The Balaban J connectivity index is 1.59. The van der Waals surface area contributed by atoms with Crippen LogP contribution in [0.2, 0.25) is 0 Å². The van der Waals surface area contributed by atoms with Gasteiger partial charge >= 0.3 is 6.09 Å². The van der Waals surface area contributed by atoms with E-state index >= 15 is 0 Å². The van der Waals surface area contributed by atoms with E-state index in [1.54, 1.807) is 36.7 Å². The highest BCUT2D eigenvalue weighted by atomic mass is 19.1. The molecule has 0 unspecified atom stereocenters. The van der Waals surface area contributed by atoms with Gasteiger partial charge in [0.2, 0.25) is 5.78 Å². The first-order valence-electron chi connectivity index (χ1n) is 9.36. The third-order valence-corrected chi connectivity index (χ3v) is 4.14. The van der Waals surface area contributed by atoms with Gasteiger partial charge in [-0.2, -0.15) is 0 Å². The third-order valence-electron chi connectivity index (χ3n) is 4.14. The molecule has 2 N–H and O–H groups in total. The molecule has 31 heavy (non-hydrogen) atoms. The van der Waals surface area contributed by atoms with Crippen molar-refractivity contribution >= 4 is 29.2 Å². The molecular formula is C21H18FN5O4. The maximum absolute atomic E-state index is 14.5. The van der Waals surface area contributed by atoms with Crippen molar-refractivity contribution in [3.8, 4) is 11.3 Å². The summed E-state index contributed by atoms with van der Waals surface area (Å²) < 4.78 is 26.1. The van der Waals surface area contributed by atoms with Crippen molar-refractivity contribution < 1.29 is 23.1 Å². The van der Waals surface area contributed by atoms with Crippen LogP contribution in [0.5, 0.6) is 0 Å². The molecule has 0 aliphatic heterocycles. The van der Waals surface area contributed by atoms with Crippen LogP contribution >= 0.6 is 0 Å². The molecule has 0 aliphatic carbocycles. The average molecular weight is 423 g/mol. The summed E-state index contributed by atoms with van der Waals surface area (Å²) in [7, 11) is 0. The molecule has 10 heteroatoms. The molecule has 0 saturated heterocycles. The summed E-state index contributed by atoms with van der Waals surface area (Å²) in [6.07, 6.45) is 5.09. The van der Waals surface area contributed by atoms with Gasteiger partial charge in [-0.25, -0.2) is 19.2 Å². The SMILES string of the molecule is CC(C)OC(=O)Nc1cnc2nc(-c3cc(NC(=O)c4ccco4)ccc3F)cn2c1. The molecule has 4 rings (SSSR count). The van der Waals surface area contributed by atoms with Crippen molar-refractivity contribution in [2.75, 3.05) is 10.6 Å². The number of nitrogens with zero attached hydrogens (tertiary/aromatic N) is 3. The fourth-order valence-corrected chi connectivity index (χ4v) is 2.84. The predicted octanol–water partition coefficient (Wildman–Crippen LogP) is 4.34. The standard InChI is InChI=1S/C21H18FN5O4/c1-12(2)31-21(29)25-14-9-23-20-26-17(11-27(20)10-14)15-8-13(5-6-16(15)22)24-19(28)18-4-3-7-30-18/h3-12H,1-2H3,(H,24,28)(H,25,29). The van der Waals surface area contributed by atoms with E-state index in [1.807, 2.05) is 0 Å². The molecule has 158 valence electrons. The fourth-order valence-electron chi connectivity index (χ4n) is 2.84. The number of hydrogen-bond donors (Lipinski definition) is 2. The highest BCUT2D eigenvalue weighted by Crippen LogP contribution is 2.26. The van der Waals surface area contributed by atoms with Gasteiger partial charge in [0.1, 0.15) is 5.82 Å². The summed E-state index contributed by atoms with van der Waals surface area (Å²) in [5, 5.41) is 5.22. The highest BCUT2D eigenvalue weighted by molar-refractivity contribution is 6.02. The molecule has 0 fully saturated rings. The predicted molar refractivity (Wildman–Crippen MR) is 110 cm³/mol.